The van der Waals surface area contributed by atoms with Crippen LogP contribution in [0.4, 0.5) is 23.2 Å². The van der Waals surface area contributed by atoms with Crippen LogP contribution in [0.25, 0.3) is 28.0 Å². The number of hydrogen-bond donors (Lipinski definition) is 1. The third-order valence-electron chi connectivity index (χ3n) is 4.89. The zero-order chi connectivity index (χ0) is 23.0. The number of benzene rings is 2. The number of alkyl halides is 3. The largest absolute Gasteiger partial charge is 0.416 e. The predicted molar refractivity (Wildman–Crippen MR) is 113 cm³/mol. The van der Waals surface area contributed by atoms with Crippen molar-refractivity contribution in [1.29, 1.82) is 0 Å². The molecule has 9 heteroatoms. The molecule has 0 saturated heterocycles. The molecular formula is C23H16F4N4O. The highest BCUT2D eigenvalue weighted by atomic mass is 19.4. The van der Waals surface area contributed by atoms with Crippen molar-refractivity contribution in [3.05, 3.63) is 84.3 Å². The van der Waals surface area contributed by atoms with Crippen molar-refractivity contribution in [3.63, 3.8) is 0 Å². The number of amides is 1. The van der Waals surface area contributed by atoms with Gasteiger partial charge in [-0.1, -0.05) is 24.8 Å². The third kappa shape index (κ3) is 3.96. The molecule has 162 valence electrons. The topological polar surface area (TPSA) is 59.8 Å². The lowest BCUT2D eigenvalue weighted by Gasteiger charge is -2.10. The summed E-state index contributed by atoms with van der Waals surface area (Å²) in [5, 5.41) is 7.66. The van der Waals surface area contributed by atoms with Crippen LogP contribution in [-0.4, -0.2) is 20.7 Å². The van der Waals surface area contributed by atoms with Gasteiger partial charge in [0.15, 0.2) is 11.5 Å². The van der Waals surface area contributed by atoms with Crippen LogP contribution in [0.3, 0.4) is 0 Å². The first-order valence-corrected chi connectivity index (χ1v) is 9.43. The van der Waals surface area contributed by atoms with Gasteiger partial charge < -0.3 is 5.32 Å². The summed E-state index contributed by atoms with van der Waals surface area (Å²) < 4.78 is 53.4. The number of aryl methyl sites for hydroxylation is 1. The van der Waals surface area contributed by atoms with Crippen molar-refractivity contribution >= 4 is 22.6 Å². The molecule has 0 aliphatic heterocycles. The van der Waals surface area contributed by atoms with Crippen LogP contribution in [0.15, 0.2) is 73.2 Å². The Bertz CT molecular complexity index is 1340. The molecule has 0 fully saturated rings. The van der Waals surface area contributed by atoms with Gasteiger partial charge in [0, 0.05) is 22.8 Å². The number of carbonyl (C=O) groups excluding carboxylic acids is 1. The standard InChI is InChI=1S/C23H16F4N4O/c1-13-5-10-17(12-19(13)29-22(32)14(2)24)31-21-18(4-3-11-28-21)20(30-31)15-6-8-16(9-7-15)23(25,26)27/h3-12H,2H2,1H3,(H,29,32). The second-order valence-corrected chi connectivity index (χ2v) is 7.07. The number of halogens is 4. The minimum absolute atomic E-state index is 0.363. The number of carbonyl (C=O) groups is 1. The second kappa shape index (κ2) is 7.92. The molecule has 5 nitrogen and oxygen atoms in total. The van der Waals surface area contributed by atoms with E-state index in [9.17, 15) is 22.4 Å². The summed E-state index contributed by atoms with van der Waals surface area (Å²) in [6.07, 6.45) is -2.86. The molecule has 2 aromatic heterocycles. The van der Waals surface area contributed by atoms with Crippen LogP contribution in [0.1, 0.15) is 11.1 Å². The fraction of sp³-hybridized carbons (Fsp3) is 0.0870. The van der Waals surface area contributed by atoms with Crippen LogP contribution in [0.5, 0.6) is 0 Å². The summed E-state index contributed by atoms with van der Waals surface area (Å²) in [6, 6.07) is 13.3. The minimum atomic E-state index is -4.44. The van der Waals surface area contributed by atoms with E-state index in [2.05, 4.69) is 22.0 Å². The Hall–Kier alpha value is -4.01. The number of nitrogens with zero attached hydrogens (tertiary/aromatic N) is 3. The van der Waals surface area contributed by atoms with Crippen LogP contribution in [0, 0.1) is 6.92 Å². The van der Waals surface area contributed by atoms with Gasteiger partial charge in [-0.25, -0.2) is 14.1 Å². The van der Waals surface area contributed by atoms with Gasteiger partial charge >= 0.3 is 6.18 Å². The molecule has 0 spiro atoms. The van der Waals surface area contributed by atoms with Gasteiger partial charge in [-0.2, -0.15) is 18.3 Å². The van der Waals surface area contributed by atoms with Gasteiger partial charge in [0.1, 0.15) is 5.69 Å². The number of fused-ring (bicyclic) bond motifs is 1. The number of nitrogens with one attached hydrogen (secondary N) is 1. The Morgan fingerprint density at radius 3 is 2.47 bits per heavy atom. The molecule has 2 heterocycles. The zero-order valence-corrected chi connectivity index (χ0v) is 16.7. The first-order valence-electron chi connectivity index (χ1n) is 9.43. The van der Waals surface area contributed by atoms with Gasteiger partial charge in [0.2, 0.25) is 0 Å². The molecule has 4 rings (SSSR count). The maximum absolute atomic E-state index is 13.1. The number of aromatic nitrogens is 3. The van der Waals surface area contributed by atoms with E-state index >= 15 is 0 Å². The molecule has 0 aliphatic rings. The van der Waals surface area contributed by atoms with Gasteiger partial charge in [-0.3, -0.25) is 4.79 Å². The summed E-state index contributed by atoms with van der Waals surface area (Å²) in [6.45, 7) is 4.73. The van der Waals surface area contributed by atoms with Gasteiger partial charge in [0.05, 0.1) is 11.3 Å². The Kier molecular flexibility index (Phi) is 5.25. The summed E-state index contributed by atoms with van der Waals surface area (Å²) in [7, 11) is 0. The van der Waals surface area contributed by atoms with Crippen molar-refractivity contribution in [3.8, 4) is 16.9 Å². The fourth-order valence-electron chi connectivity index (χ4n) is 3.23. The SMILES string of the molecule is C=C(F)C(=O)Nc1cc(-n2nc(-c3ccc(C(F)(F)F)cc3)c3cccnc32)ccc1C. The quantitative estimate of drug-likeness (QED) is 0.321. The molecule has 1 N–H and O–H groups in total. The van der Waals surface area contributed by atoms with E-state index in [0.717, 1.165) is 12.1 Å². The number of anilines is 1. The summed E-state index contributed by atoms with van der Waals surface area (Å²) in [4.78, 5) is 16.1. The smallest absolute Gasteiger partial charge is 0.320 e. The molecule has 0 aliphatic carbocycles. The number of hydrogen-bond acceptors (Lipinski definition) is 3. The number of pyridine rings is 1. The van der Waals surface area contributed by atoms with E-state index in [0.29, 0.717) is 39.2 Å². The molecule has 0 saturated carbocycles. The highest BCUT2D eigenvalue weighted by molar-refractivity contribution is 6.02. The number of rotatable bonds is 4. The van der Waals surface area contributed by atoms with E-state index in [1.54, 1.807) is 43.5 Å². The van der Waals surface area contributed by atoms with Crippen LogP contribution < -0.4 is 5.32 Å². The van der Waals surface area contributed by atoms with Gasteiger partial charge in [-0.15, -0.1) is 0 Å². The maximum Gasteiger partial charge on any atom is 0.416 e. The molecule has 0 radical (unpaired) electrons. The zero-order valence-electron chi connectivity index (χ0n) is 16.7. The van der Waals surface area contributed by atoms with Gasteiger partial charge in [-0.05, 0) is 48.9 Å². The Labute approximate surface area is 180 Å². The van der Waals surface area contributed by atoms with Crippen molar-refractivity contribution in [1.82, 2.24) is 14.8 Å². The first kappa shape index (κ1) is 21.2. The van der Waals surface area contributed by atoms with Crippen LogP contribution in [0.2, 0.25) is 0 Å². The Morgan fingerprint density at radius 1 is 1.09 bits per heavy atom. The van der Waals surface area contributed by atoms with Crippen molar-refractivity contribution in [2.75, 3.05) is 5.32 Å². The van der Waals surface area contributed by atoms with Crippen LogP contribution in [-0.2, 0) is 11.0 Å². The second-order valence-electron chi connectivity index (χ2n) is 7.07. The highest BCUT2D eigenvalue weighted by Crippen LogP contribution is 2.33. The third-order valence-corrected chi connectivity index (χ3v) is 4.89. The lowest BCUT2D eigenvalue weighted by Crippen LogP contribution is -2.12. The van der Waals surface area contributed by atoms with Crippen LogP contribution >= 0.6 is 0 Å². The van der Waals surface area contributed by atoms with Gasteiger partial charge in [0.25, 0.3) is 5.91 Å². The van der Waals surface area contributed by atoms with E-state index < -0.39 is 23.5 Å². The van der Waals surface area contributed by atoms with E-state index in [1.165, 1.54) is 16.8 Å². The predicted octanol–water partition coefficient (Wildman–Crippen LogP) is 5.84. The molecule has 32 heavy (non-hydrogen) atoms. The lowest BCUT2D eigenvalue weighted by atomic mass is 10.1. The van der Waals surface area contributed by atoms with Crippen molar-refractivity contribution in [2.24, 2.45) is 0 Å². The molecule has 4 aromatic rings. The summed E-state index contributed by atoms with van der Waals surface area (Å²) in [5.41, 5.74) is 2.24. The first-order chi connectivity index (χ1) is 15.1. The minimum Gasteiger partial charge on any atom is -0.320 e. The fourth-order valence-corrected chi connectivity index (χ4v) is 3.23. The monoisotopic (exact) mass is 440 g/mol. The van der Waals surface area contributed by atoms with Crippen molar-refractivity contribution in [2.45, 2.75) is 13.1 Å². The average Bonchev–Trinajstić information content (AvgIpc) is 3.14. The van der Waals surface area contributed by atoms with E-state index in [4.69, 9.17) is 0 Å². The summed E-state index contributed by atoms with van der Waals surface area (Å²) >= 11 is 0. The average molecular weight is 440 g/mol. The lowest BCUT2D eigenvalue weighted by molar-refractivity contribution is -0.137. The summed E-state index contributed by atoms with van der Waals surface area (Å²) in [5.74, 6) is -2.08. The molecule has 0 atom stereocenters. The van der Waals surface area contributed by atoms with E-state index in [1.807, 2.05) is 0 Å². The van der Waals surface area contributed by atoms with E-state index in [-0.39, 0.29) is 0 Å². The molecular weight excluding hydrogens is 424 g/mol. The molecule has 0 bridgehead atoms. The molecule has 2 aromatic carbocycles. The molecule has 0 unspecified atom stereocenters. The van der Waals surface area contributed by atoms with Crippen molar-refractivity contribution < 1.29 is 22.4 Å². The Balaban J connectivity index is 1.82. The Morgan fingerprint density at radius 2 is 1.81 bits per heavy atom. The maximum atomic E-state index is 13.1. The normalized spacial score (nSPS) is 11.5. The molecule has 1 amide bonds. The highest BCUT2D eigenvalue weighted by Gasteiger charge is 2.30.